The Hall–Kier alpha value is -3.12. The van der Waals surface area contributed by atoms with Crippen molar-refractivity contribution in [2.45, 2.75) is 38.6 Å². The van der Waals surface area contributed by atoms with Crippen LogP contribution in [0.1, 0.15) is 40.6 Å². The maximum Gasteiger partial charge on any atom is 0.257 e. The van der Waals surface area contributed by atoms with Gasteiger partial charge in [0.25, 0.3) is 5.91 Å². The van der Waals surface area contributed by atoms with Gasteiger partial charge in [0.1, 0.15) is 12.4 Å². The van der Waals surface area contributed by atoms with Crippen LogP contribution < -0.4 is 4.74 Å². The van der Waals surface area contributed by atoms with Crippen molar-refractivity contribution in [3.05, 3.63) is 88.1 Å². The van der Waals surface area contributed by atoms with E-state index in [1.807, 2.05) is 76.7 Å². The van der Waals surface area contributed by atoms with Crippen LogP contribution in [-0.4, -0.2) is 53.9 Å². The summed E-state index contributed by atoms with van der Waals surface area (Å²) in [6.45, 7) is 4.30. The van der Waals surface area contributed by atoms with Gasteiger partial charge in [-0.25, -0.2) is 0 Å². The highest BCUT2D eigenvalue weighted by atomic mass is 32.1. The van der Waals surface area contributed by atoms with Gasteiger partial charge in [-0.15, -0.1) is 11.3 Å². The quantitative estimate of drug-likeness (QED) is 0.517. The Balaban J connectivity index is 1.64. The molecule has 2 amide bonds. The van der Waals surface area contributed by atoms with Crippen molar-refractivity contribution in [1.29, 1.82) is 0 Å². The second-order valence-corrected chi connectivity index (χ2v) is 9.62. The molecule has 4 rings (SSSR count). The zero-order chi connectivity index (χ0) is 23.8. The van der Waals surface area contributed by atoms with Gasteiger partial charge in [-0.05, 0) is 55.3 Å². The number of nitrogens with zero attached hydrogens (tertiary/aromatic N) is 2. The van der Waals surface area contributed by atoms with Crippen molar-refractivity contribution >= 4 is 23.2 Å². The largest absolute Gasteiger partial charge is 0.491 e. The Morgan fingerprint density at radius 3 is 2.53 bits per heavy atom. The summed E-state index contributed by atoms with van der Waals surface area (Å²) < 4.78 is 6.29. The summed E-state index contributed by atoms with van der Waals surface area (Å²) in [5, 5.41) is 2.01. The average Bonchev–Trinajstić information content (AvgIpc) is 3.37. The highest BCUT2D eigenvalue weighted by molar-refractivity contribution is 7.10. The molecule has 0 radical (unpaired) electrons. The molecule has 1 aliphatic rings. The molecule has 0 aliphatic carbocycles. The van der Waals surface area contributed by atoms with Crippen molar-refractivity contribution < 1.29 is 14.3 Å². The molecule has 0 saturated carbocycles. The average molecular weight is 477 g/mol. The Bertz CT molecular complexity index is 1070. The molecule has 34 heavy (non-hydrogen) atoms. The molecular formula is C28H32N2O3S. The Labute approximate surface area is 206 Å². The molecule has 2 aromatic carbocycles. The first kappa shape index (κ1) is 24.0. The summed E-state index contributed by atoms with van der Waals surface area (Å²) in [6, 6.07) is 21.6. The number of carbonyl (C=O) groups is 2. The van der Waals surface area contributed by atoms with Crippen LogP contribution in [0.2, 0.25) is 0 Å². The summed E-state index contributed by atoms with van der Waals surface area (Å²) in [5.74, 6) is 0.708. The van der Waals surface area contributed by atoms with E-state index in [4.69, 9.17) is 4.74 Å². The van der Waals surface area contributed by atoms with Gasteiger partial charge in [0.15, 0.2) is 0 Å². The molecule has 5 nitrogen and oxygen atoms in total. The third-order valence-corrected chi connectivity index (χ3v) is 7.15. The zero-order valence-electron chi connectivity index (χ0n) is 19.7. The van der Waals surface area contributed by atoms with Gasteiger partial charge in [-0.2, -0.15) is 0 Å². The number of para-hydroxylation sites is 1. The van der Waals surface area contributed by atoms with E-state index < -0.39 is 0 Å². The highest BCUT2D eigenvalue weighted by Gasteiger charge is 2.27. The first-order valence-corrected chi connectivity index (χ1v) is 12.9. The molecule has 6 heteroatoms. The minimum atomic E-state index is -0.125. The van der Waals surface area contributed by atoms with Crippen LogP contribution in [0.25, 0.3) is 0 Å². The summed E-state index contributed by atoms with van der Waals surface area (Å²) in [4.78, 5) is 31.6. The van der Waals surface area contributed by atoms with E-state index >= 15 is 0 Å². The number of thiophene rings is 1. The van der Waals surface area contributed by atoms with Crippen molar-refractivity contribution in [3.63, 3.8) is 0 Å². The SMILES string of the molecule is CCN1CCCCN(C(=O)Cc2cccs2)[C@@H](Cc2ccccc2)COc2ccccc2C1=O. The number of fused-ring (bicyclic) bond motifs is 1. The Kier molecular flexibility index (Phi) is 8.36. The van der Waals surface area contributed by atoms with Gasteiger partial charge < -0.3 is 14.5 Å². The standard InChI is InChI=1S/C28H32N2O3S/c1-2-29-16-8-9-17-30(27(31)20-24-13-10-18-34-24)23(19-22-11-4-3-5-12-22)21-33-26-15-7-6-14-25(26)28(29)32/h3-7,10-15,18,23H,2,8-9,16-17,19-21H2,1H3/t23-/m0/s1. The number of hydrogen-bond donors (Lipinski definition) is 0. The van der Waals surface area contributed by atoms with E-state index in [9.17, 15) is 9.59 Å². The highest BCUT2D eigenvalue weighted by Crippen LogP contribution is 2.23. The number of rotatable bonds is 5. The fraction of sp³-hybridized carbons (Fsp3) is 0.357. The molecule has 1 atom stereocenters. The smallest absolute Gasteiger partial charge is 0.257 e. The normalized spacial score (nSPS) is 17.3. The molecule has 0 saturated heterocycles. The van der Waals surface area contributed by atoms with Crippen LogP contribution in [0, 0.1) is 0 Å². The summed E-state index contributed by atoms with van der Waals surface area (Å²) in [6.07, 6.45) is 2.80. The molecule has 1 aliphatic heterocycles. The molecule has 178 valence electrons. The van der Waals surface area contributed by atoms with Gasteiger partial charge in [0.2, 0.25) is 5.91 Å². The predicted molar refractivity (Wildman–Crippen MR) is 136 cm³/mol. The van der Waals surface area contributed by atoms with Crippen molar-refractivity contribution in [1.82, 2.24) is 9.80 Å². The van der Waals surface area contributed by atoms with Crippen LogP contribution in [-0.2, 0) is 17.6 Å². The summed E-state index contributed by atoms with van der Waals surface area (Å²) >= 11 is 1.61. The van der Waals surface area contributed by atoms with Gasteiger partial charge in [-0.1, -0.05) is 48.5 Å². The lowest BCUT2D eigenvalue weighted by molar-refractivity contribution is -0.133. The molecule has 3 aromatic rings. The van der Waals surface area contributed by atoms with Crippen LogP contribution in [0.15, 0.2) is 72.1 Å². The van der Waals surface area contributed by atoms with E-state index in [1.54, 1.807) is 11.3 Å². The number of ether oxygens (including phenoxy) is 1. The molecular weight excluding hydrogens is 444 g/mol. The number of amides is 2. The monoisotopic (exact) mass is 476 g/mol. The van der Waals surface area contributed by atoms with E-state index in [1.165, 1.54) is 5.56 Å². The minimum absolute atomic E-state index is 0.00362. The van der Waals surface area contributed by atoms with E-state index in [-0.39, 0.29) is 17.9 Å². The first-order valence-electron chi connectivity index (χ1n) is 12.0. The van der Waals surface area contributed by atoms with E-state index in [2.05, 4.69) is 12.1 Å². The topological polar surface area (TPSA) is 49.9 Å². The van der Waals surface area contributed by atoms with Crippen molar-refractivity contribution in [3.8, 4) is 5.75 Å². The Morgan fingerprint density at radius 1 is 1.00 bits per heavy atom. The number of benzene rings is 2. The summed E-state index contributed by atoms with van der Waals surface area (Å²) in [7, 11) is 0. The van der Waals surface area contributed by atoms with E-state index in [0.29, 0.717) is 50.4 Å². The molecule has 0 N–H and O–H groups in total. The van der Waals surface area contributed by atoms with Gasteiger partial charge >= 0.3 is 0 Å². The first-order chi connectivity index (χ1) is 16.7. The molecule has 0 fully saturated rings. The molecule has 2 heterocycles. The minimum Gasteiger partial charge on any atom is -0.491 e. The maximum atomic E-state index is 13.5. The van der Waals surface area contributed by atoms with Gasteiger partial charge in [-0.3, -0.25) is 9.59 Å². The van der Waals surface area contributed by atoms with E-state index in [0.717, 1.165) is 17.7 Å². The van der Waals surface area contributed by atoms with Crippen molar-refractivity contribution in [2.24, 2.45) is 0 Å². The fourth-order valence-corrected chi connectivity index (χ4v) is 5.13. The molecule has 0 bridgehead atoms. The predicted octanol–water partition coefficient (Wildman–Crippen LogP) is 5.07. The third-order valence-electron chi connectivity index (χ3n) is 6.28. The Morgan fingerprint density at radius 2 is 1.76 bits per heavy atom. The zero-order valence-corrected chi connectivity index (χ0v) is 20.5. The second kappa shape index (κ2) is 11.8. The lowest BCUT2D eigenvalue weighted by atomic mass is 10.0. The second-order valence-electron chi connectivity index (χ2n) is 8.59. The number of hydrogen-bond acceptors (Lipinski definition) is 4. The number of carbonyl (C=O) groups excluding carboxylic acids is 2. The molecule has 1 aromatic heterocycles. The van der Waals surface area contributed by atoms with Crippen LogP contribution >= 0.6 is 11.3 Å². The lowest BCUT2D eigenvalue weighted by Crippen LogP contribution is -2.46. The summed E-state index contributed by atoms with van der Waals surface area (Å²) in [5.41, 5.74) is 1.75. The maximum absolute atomic E-state index is 13.5. The van der Waals surface area contributed by atoms with Crippen LogP contribution in [0.3, 0.4) is 0 Å². The molecule has 0 unspecified atom stereocenters. The van der Waals surface area contributed by atoms with Crippen LogP contribution in [0.4, 0.5) is 0 Å². The van der Waals surface area contributed by atoms with Crippen LogP contribution in [0.5, 0.6) is 5.75 Å². The fourth-order valence-electron chi connectivity index (χ4n) is 4.43. The lowest BCUT2D eigenvalue weighted by Gasteiger charge is -2.33. The van der Waals surface area contributed by atoms with Gasteiger partial charge in [0.05, 0.1) is 18.0 Å². The van der Waals surface area contributed by atoms with Crippen molar-refractivity contribution in [2.75, 3.05) is 26.2 Å². The third kappa shape index (κ3) is 6.06. The van der Waals surface area contributed by atoms with Gasteiger partial charge in [0, 0.05) is 24.5 Å². The molecule has 0 spiro atoms.